The standard InChI is InChI=1S/C22H28N4O6/c1-30-16-9-12(10-17(31-2)19(16)32-3)14-11-15(25-24-14)18-20(27)23-22(29)26(21(18)28)13-7-5-4-6-8-13/h9-10,13-14,24,28H,4-8,11H2,1-3H3,(H,23,27,29)/t14-/m1/s1. The average Bonchev–Trinajstić information content (AvgIpc) is 3.28. The van der Waals surface area contributed by atoms with Gasteiger partial charge in [0.15, 0.2) is 11.5 Å². The average molecular weight is 444 g/mol. The highest BCUT2D eigenvalue weighted by molar-refractivity contribution is 6.03. The SMILES string of the molecule is COc1cc([C@H]2CC(c3c(O)n(C4CCCCC4)c(=O)[nH]c3=O)=NN2)cc(OC)c1OC. The second kappa shape index (κ2) is 8.97. The van der Waals surface area contributed by atoms with Crippen LogP contribution in [0, 0.1) is 0 Å². The summed E-state index contributed by atoms with van der Waals surface area (Å²) in [5.41, 5.74) is 3.00. The third kappa shape index (κ3) is 3.80. The molecule has 1 atom stereocenters. The zero-order valence-corrected chi connectivity index (χ0v) is 18.4. The summed E-state index contributed by atoms with van der Waals surface area (Å²) in [5.74, 6) is 1.16. The Balaban J connectivity index is 1.67. The molecule has 2 aromatic rings. The first kappa shape index (κ1) is 21.8. The van der Waals surface area contributed by atoms with Gasteiger partial charge < -0.3 is 24.7 Å². The van der Waals surface area contributed by atoms with Crippen LogP contribution < -0.4 is 30.9 Å². The largest absolute Gasteiger partial charge is 0.494 e. The third-order valence-electron chi connectivity index (χ3n) is 6.19. The molecule has 1 aromatic carbocycles. The van der Waals surface area contributed by atoms with E-state index in [9.17, 15) is 14.7 Å². The van der Waals surface area contributed by atoms with Gasteiger partial charge in [-0.15, -0.1) is 0 Å². The van der Waals surface area contributed by atoms with Crippen molar-refractivity contribution >= 4 is 5.71 Å². The molecule has 3 N–H and O–H groups in total. The Labute approximate surface area is 184 Å². The Bertz CT molecular complexity index is 1120. The molecule has 1 saturated carbocycles. The number of hydrazone groups is 1. The molecule has 1 aromatic heterocycles. The molecule has 0 unspecified atom stereocenters. The lowest BCUT2D eigenvalue weighted by molar-refractivity contribution is 0.298. The van der Waals surface area contributed by atoms with Gasteiger partial charge in [0.2, 0.25) is 11.6 Å². The van der Waals surface area contributed by atoms with E-state index in [-0.39, 0.29) is 23.5 Å². The molecular formula is C22H28N4O6. The van der Waals surface area contributed by atoms with Crippen LogP contribution in [0.15, 0.2) is 26.8 Å². The monoisotopic (exact) mass is 444 g/mol. The molecule has 1 aliphatic heterocycles. The minimum atomic E-state index is -0.648. The van der Waals surface area contributed by atoms with Gasteiger partial charge in [0.05, 0.1) is 33.1 Å². The summed E-state index contributed by atoms with van der Waals surface area (Å²) in [7, 11) is 4.61. The van der Waals surface area contributed by atoms with Crippen LogP contribution in [0.3, 0.4) is 0 Å². The fourth-order valence-electron chi connectivity index (χ4n) is 4.57. The predicted molar refractivity (Wildman–Crippen MR) is 118 cm³/mol. The molecule has 32 heavy (non-hydrogen) atoms. The molecule has 1 fully saturated rings. The number of aromatic hydroxyl groups is 1. The van der Waals surface area contributed by atoms with E-state index >= 15 is 0 Å². The molecule has 2 heterocycles. The van der Waals surface area contributed by atoms with Crippen LogP contribution in [0.5, 0.6) is 23.1 Å². The lowest BCUT2D eigenvalue weighted by Gasteiger charge is -2.25. The van der Waals surface area contributed by atoms with Crippen LogP contribution in [0.1, 0.15) is 61.7 Å². The summed E-state index contributed by atoms with van der Waals surface area (Å²) in [4.78, 5) is 27.4. The number of nitrogens with one attached hydrogen (secondary N) is 2. The molecule has 2 aliphatic rings. The number of aromatic nitrogens is 2. The van der Waals surface area contributed by atoms with Crippen molar-refractivity contribution in [2.75, 3.05) is 21.3 Å². The molecule has 10 nitrogen and oxygen atoms in total. The van der Waals surface area contributed by atoms with E-state index in [1.165, 1.54) is 25.9 Å². The topological polar surface area (TPSA) is 127 Å². The molecule has 0 amide bonds. The Morgan fingerprint density at radius 2 is 1.69 bits per heavy atom. The summed E-state index contributed by atoms with van der Waals surface area (Å²) in [6.45, 7) is 0. The van der Waals surface area contributed by atoms with Crippen molar-refractivity contribution in [2.24, 2.45) is 5.10 Å². The van der Waals surface area contributed by atoms with Crippen molar-refractivity contribution < 1.29 is 19.3 Å². The zero-order valence-electron chi connectivity index (χ0n) is 18.4. The number of aromatic amines is 1. The Kier molecular flexibility index (Phi) is 6.11. The molecule has 0 bridgehead atoms. The number of hydrogen-bond donors (Lipinski definition) is 3. The summed E-state index contributed by atoms with van der Waals surface area (Å²) >= 11 is 0. The molecule has 172 valence electrons. The zero-order chi connectivity index (χ0) is 22.8. The van der Waals surface area contributed by atoms with E-state index in [2.05, 4.69) is 15.5 Å². The van der Waals surface area contributed by atoms with E-state index in [1.807, 2.05) is 12.1 Å². The minimum Gasteiger partial charge on any atom is -0.494 e. The lowest BCUT2D eigenvalue weighted by atomic mass is 9.95. The van der Waals surface area contributed by atoms with Crippen molar-refractivity contribution in [2.45, 2.75) is 50.6 Å². The maximum atomic E-state index is 12.6. The number of ether oxygens (including phenoxy) is 3. The van der Waals surface area contributed by atoms with Crippen molar-refractivity contribution in [3.63, 3.8) is 0 Å². The molecule has 0 radical (unpaired) electrons. The summed E-state index contributed by atoms with van der Waals surface area (Å²) in [5, 5.41) is 15.2. The Morgan fingerprint density at radius 1 is 1.03 bits per heavy atom. The smallest absolute Gasteiger partial charge is 0.331 e. The van der Waals surface area contributed by atoms with Crippen LogP contribution in [0.4, 0.5) is 0 Å². The van der Waals surface area contributed by atoms with Gasteiger partial charge in [-0.2, -0.15) is 5.10 Å². The van der Waals surface area contributed by atoms with Crippen LogP contribution in [-0.4, -0.2) is 41.7 Å². The van der Waals surface area contributed by atoms with E-state index in [1.54, 1.807) is 0 Å². The maximum Gasteiger partial charge on any atom is 0.331 e. The third-order valence-corrected chi connectivity index (χ3v) is 6.19. The fourth-order valence-corrected chi connectivity index (χ4v) is 4.57. The molecule has 1 aliphatic carbocycles. The number of rotatable bonds is 6. The molecule has 0 saturated heterocycles. The number of nitrogens with zero attached hydrogens (tertiary/aromatic N) is 2. The minimum absolute atomic E-state index is 0.0256. The summed E-state index contributed by atoms with van der Waals surface area (Å²) < 4.78 is 17.5. The summed E-state index contributed by atoms with van der Waals surface area (Å²) in [6, 6.07) is 3.20. The van der Waals surface area contributed by atoms with Crippen LogP contribution in [0.25, 0.3) is 0 Å². The van der Waals surface area contributed by atoms with Gasteiger partial charge in [-0.1, -0.05) is 19.3 Å². The molecule has 4 rings (SSSR count). The van der Waals surface area contributed by atoms with E-state index in [0.29, 0.717) is 29.4 Å². The van der Waals surface area contributed by atoms with E-state index < -0.39 is 11.2 Å². The van der Waals surface area contributed by atoms with Crippen LogP contribution >= 0.6 is 0 Å². The number of hydrogen-bond acceptors (Lipinski definition) is 8. The van der Waals surface area contributed by atoms with E-state index in [4.69, 9.17) is 14.2 Å². The van der Waals surface area contributed by atoms with Crippen LogP contribution in [-0.2, 0) is 0 Å². The van der Waals surface area contributed by atoms with Crippen molar-refractivity contribution in [1.82, 2.24) is 15.0 Å². The van der Waals surface area contributed by atoms with Crippen molar-refractivity contribution in [1.29, 1.82) is 0 Å². The number of H-pyrrole nitrogens is 1. The van der Waals surface area contributed by atoms with Gasteiger partial charge in [-0.25, -0.2) is 4.79 Å². The normalized spacial score (nSPS) is 18.7. The maximum absolute atomic E-state index is 12.6. The molecule has 10 heteroatoms. The van der Waals surface area contributed by atoms with Gasteiger partial charge in [-0.3, -0.25) is 14.3 Å². The highest BCUT2D eigenvalue weighted by atomic mass is 16.5. The van der Waals surface area contributed by atoms with Crippen molar-refractivity contribution in [3.8, 4) is 23.1 Å². The predicted octanol–water partition coefficient (Wildman–Crippen LogP) is 2.21. The van der Waals surface area contributed by atoms with Crippen molar-refractivity contribution in [3.05, 3.63) is 44.1 Å². The highest BCUT2D eigenvalue weighted by Gasteiger charge is 2.30. The lowest BCUT2D eigenvalue weighted by Crippen LogP contribution is -2.36. The van der Waals surface area contributed by atoms with Gasteiger partial charge in [0.25, 0.3) is 5.56 Å². The Hall–Kier alpha value is -3.43. The van der Waals surface area contributed by atoms with Crippen LogP contribution in [0.2, 0.25) is 0 Å². The second-order valence-electron chi connectivity index (χ2n) is 8.02. The van der Waals surface area contributed by atoms with Gasteiger partial charge >= 0.3 is 5.69 Å². The van der Waals surface area contributed by atoms with Gasteiger partial charge in [0, 0.05) is 12.5 Å². The first-order valence-electron chi connectivity index (χ1n) is 10.7. The first-order valence-corrected chi connectivity index (χ1v) is 10.7. The summed E-state index contributed by atoms with van der Waals surface area (Å²) in [6.07, 6.45) is 4.98. The Morgan fingerprint density at radius 3 is 2.28 bits per heavy atom. The molecular weight excluding hydrogens is 416 g/mol. The number of methoxy groups -OCH3 is 3. The molecule has 0 spiro atoms. The van der Waals surface area contributed by atoms with E-state index in [0.717, 1.165) is 37.7 Å². The van der Waals surface area contributed by atoms with Gasteiger partial charge in [0.1, 0.15) is 5.56 Å². The van der Waals surface area contributed by atoms with Gasteiger partial charge in [-0.05, 0) is 30.5 Å². The fraction of sp³-hybridized carbons (Fsp3) is 0.500. The number of benzene rings is 1. The highest BCUT2D eigenvalue weighted by Crippen LogP contribution is 2.41. The second-order valence-corrected chi connectivity index (χ2v) is 8.02. The first-order chi connectivity index (χ1) is 15.5. The quantitative estimate of drug-likeness (QED) is 0.623.